The highest BCUT2D eigenvalue weighted by Crippen LogP contribution is 2.43. The minimum absolute atomic E-state index is 0.0377. The molecular formula is C31H25ClFNO3. The molecule has 1 N–H and O–H groups in total. The molecule has 6 heteroatoms. The fourth-order valence-electron chi connectivity index (χ4n) is 4.71. The number of carbonyl (C=O) groups is 2. The summed E-state index contributed by atoms with van der Waals surface area (Å²) in [6.45, 7) is 6.27. The Morgan fingerprint density at radius 3 is 2.22 bits per heavy atom. The number of hydrogen-bond acceptors (Lipinski definition) is 3. The average molecular weight is 514 g/mol. The van der Waals surface area contributed by atoms with Gasteiger partial charge in [-0.1, -0.05) is 93.0 Å². The Labute approximate surface area is 219 Å². The van der Waals surface area contributed by atoms with E-state index in [0.717, 1.165) is 22.4 Å². The van der Waals surface area contributed by atoms with Crippen LogP contribution in [0.15, 0.2) is 90.5 Å². The van der Waals surface area contributed by atoms with Crippen molar-refractivity contribution < 1.29 is 19.1 Å². The van der Waals surface area contributed by atoms with Crippen molar-refractivity contribution in [1.82, 2.24) is 0 Å². The predicted molar refractivity (Wildman–Crippen MR) is 145 cm³/mol. The summed E-state index contributed by atoms with van der Waals surface area (Å²) in [5.74, 6) is -2.56. The summed E-state index contributed by atoms with van der Waals surface area (Å²) in [7, 11) is 0. The molecule has 37 heavy (non-hydrogen) atoms. The third-order valence-corrected chi connectivity index (χ3v) is 7.03. The number of benzene rings is 4. The molecule has 1 aliphatic rings. The molecule has 186 valence electrons. The summed E-state index contributed by atoms with van der Waals surface area (Å²) in [4.78, 5) is 28.0. The van der Waals surface area contributed by atoms with Crippen molar-refractivity contribution in [2.75, 3.05) is 4.90 Å². The zero-order valence-corrected chi connectivity index (χ0v) is 21.4. The van der Waals surface area contributed by atoms with Gasteiger partial charge in [-0.25, -0.2) is 4.39 Å². The summed E-state index contributed by atoms with van der Waals surface area (Å²) >= 11 is 6.03. The van der Waals surface area contributed by atoms with Crippen LogP contribution in [-0.2, 0) is 15.0 Å². The SMILES string of the molecule is CC(C)(C)c1ccc(C2/C(=C(/O)c3ccc4ccccc4c3)C(=O)C(=O)N2c2ccc(F)c(Cl)c2)cc1. The second kappa shape index (κ2) is 9.16. The predicted octanol–water partition coefficient (Wildman–Crippen LogP) is 7.56. The number of nitrogens with zero attached hydrogens (tertiary/aromatic N) is 1. The van der Waals surface area contributed by atoms with Crippen molar-refractivity contribution in [2.45, 2.75) is 32.2 Å². The number of amides is 1. The molecule has 0 aromatic heterocycles. The summed E-state index contributed by atoms with van der Waals surface area (Å²) in [5.41, 5.74) is 2.25. The summed E-state index contributed by atoms with van der Waals surface area (Å²) in [5, 5.41) is 13.1. The van der Waals surface area contributed by atoms with Gasteiger partial charge in [-0.05, 0) is 51.6 Å². The number of rotatable bonds is 3. The first-order chi connectivity index (χ1) is 17.6. The first-order valence-electron chi connectivity index (χ1n) is 11.9. The van der Waals surface area contributed by atoms with Gasteiger partial charge < -0.3 is 5.11 Å². The van der Waals surface area contributed by atoms with Crippen LogP contribution in [0.25, 0.3) is 16.5 Å². The van der Waals surface area contributed by atoms with Gasteiger partial charge in [0.2, 0.25) is 0 Å². The monoisotopic (exact) mass is 513 g/mol. The fraction of sp³-hybridized carbons (Fsp3) is 0.161. The number of Topliss-reactive ketones (excluding diaryl/α,β-unsaturated/α-hetero) is 1. The van der Waals surface area contributed by atoms with Crippen LogP contribution in [0.1, 0.15) is 43.5 Å². The molecule has 0 saturated carbocycles. The van der Waals surface area contributed by atoms with E-state index in [1.54, 1.807) is 12.1 Å². The van der Waals surface area contributed by atoms with Crippen LogP contribution in [0, 0.1) is 5.82 Å². The lowest BCUT2D eigenvalue weighted by molar-refractivity contribution is -0.132. The molecule has 1 aliphatic heterocycles. The molecule has 4 aromatic rings. The van der Waals surface area contributed by atoms with Crippen molar-refractivity contribution in [2.24, 2.45) is 0 Å². The van der Waals surface area contributed by atoms with E-state index in [0.29, 0.717) is 11.1 Å². The molecular weight excluding hydrogens is 489 g/mol. The van der Waals surface area contributed by atoms with Crippen LogP contribution in [0.2, 0.25) is 5.02 Å². The number of anilines is 1. The minimum Gasteiger partial charge on any atom is -0.507 e. The minimum atomic E-state index is -0.929. The molecule has 1 saturated heterocycles. The molecule has 4 aromatic carbocycles. The number of hydrogen-bond donors (Lipinski definition) is 1. The zero-order chi connectivity index (χ0) is 26.5. The molecule has 4 nitrogen and oxygen atoms in total. The number of carbonyl (C=O) groups excluding carboxylic acids is 2. The number of aliphatic hydroxyl groups excluding tert-OH is 1. The van der Waals surface area contributed by atoms with Crippen LogP contribution in [0.4, 0.5) is 10.1 Å². The Morgan fingerprint density at radius 1 is 0.892 bits per heavy atom. The van der Waals surface area contributed by atoms with E-state index in [4.69, 9.17) is 11.6 Å². The van der Waals surface area contributed by atoms with E-state index in [9.17, 15) is 19.1 Å². The van der Waals surface area contributed by atoms with Crippen molar-refractivity contribution >= 4 is 45.5 Å². The lowest BCUT2D eigenvalue weighted by Crippen LogP contribution is -2.29. The molecule has 0 radical (unpaired) electrons. The maximum Gasteiger partial charge on any atom is 0.300 e. The molecule has 1 fully saturated rings. The highest BCUT2D eigenvalue weighted by Gasteiger charge is 2.47. The van der Waals surface area contributed by atoms with E-state index in [2.05, 4.69) is 20.8 Å². The van der Waals surface area contributed by atoms with Crippen LogP contribution in [-0.4, -0.2) is 16.8 Å². The van der Waals surface area contributed by atoms with Crippen LogP contribution in [0.5, 0.6) is 0 Å². The van der Waals surface area contributed by atoms with E-state index >= 15 is 0 Å². The van der Waals surface area contributed by atoms with Crippen molar-refractivity contribution in [1.29, 1.82) is 0 Å². The molecule has 1 amide bonds. The van der Waals surface area contributed by atoms with Crippen LogP contribution < -0.4 is 4.90 Å². The number of aliphatic hydroxyl groups is 1. The van der Waals surface area contributed by atoms with Crippen molar-refractivity contribution in [3.63, 3.8) is 0 Å². The van der Waals surface area contributed by atoms with Crippen molar-refractivity contribution in [3.05, 3.63) is 118 Å². The Balaban J connectivity index is 1.72. The second-order valence-corrected chi connectivity index (χ2v) is 10.6. The third-order valence-electron chi connectivity index (χ3n) is 6.74. The Kier molecular flexibility index (Phi) is 6.12. The van der Waals surface area contributed by atoms with Gasteiger partial charge in [-0.15, -0.1) is 0 Å². The molecule has 5 rings (SSSR count). The van der Waals surface area contributed by atoms with Crippen molar-refractivity contribution in [3.8, 4) is 0 Å². The summed E-state index contributed by atoms with van der Waals surface area (Å²) < 4.78 is 13.9. The Morgan fingerprint density at radius 2 is 1.57 bits per heavy atom. The normalized spacial score (nSPS) is 17.5. The molecule has 0 bridgehead atoms. The zero-order valence-electron chi connectivity index (χ0n) is 20.6. The molecule has 1 unspecified atom stereocenters. The first kappa shape index (κ1) is 24.7. The average Bonchev–Trinajstić information content (AvgIpc) is 3.14. The largest absolute Gasteiger partial charge is 0.507 e. The van der Waals surface area contributed by atoms with Gasteiger partial charge in [0, 0.05) is 11.3 Å². The van der Waals surface area contributed by atoms with Crippen LogP contribution in [0.3, 0.4) is 0 Å². The van der Waals surface area contributed by atoms with Gasteiger partial charge in [0.15, 0.2) is 0 Å². The lowest BCUT2D eigenvalue weighted by Gasteiger charge is -2.27. The summed E-state index contributed by atoms with van der Waals surface area (Å²) in [6.07, 6.45) is 0. The number of fused-ring (bicyclic) bond motifs is 1. The van der Waals surface area contributed by atoms with Crippen LogP contribution >= 0.6 is 11.6 Å². The second-order valence-electron chi connectivity index (χ2n) is 10.2. The van der Waals surface area contributed by atoms with Gasteiger partial charge in [0.25, 0.3) is 11.7 Å². The maximum atomic E-state index is 13.9. The molecule has 0 aliphatic carbocycles. The smallest absolute Gasteiger partial charge is 0.300 e. The van der Waals surface area contributed by atoms with E-state index in [1.165, 1.54) is 17.0 Å². The quantitative estimate of drug-likeness (QED) is 0.175. The molecule has 0 spiro atoms. The number of ketones is 1. The topological polar surface area (TPSA) is 57.6 Å². The first-order valence-corrected chi connectivity index (χ1v) is 12.3. The van der Waals surface area contributed by atoms with Gasteiger partial charge in [0.1, 0.15) is 11.6 Å². The van der Waals surface area contributed by atoms with E-state index in [1.807, 2.05) is 54.6 Å². The maximum absolute atomic E-state index is 13.9. The molecule has 1 heterocycles. The summed E-state index contributed by atoms with van der Waals surface area (Å²) in [6, 6.07) is 23.6. The molecule has 1 atom stereocenters. The third kappa shape index (κ3) is 4.40. The highest BCUT2D eigenvalue weighted by molar-refractivity contribution is 6.51. The number of halogens is 2. The lowest BCUT2D eigenvalue weighted by atomic mass is 9.85. The van der Waals surface area contributed by atoms with E-state index in [-0.39, 0.29) is 27.5 Å². The fourth-order valence-corrected chi connectivity index (χ4v) is 4.88. The highest BCUT2D eigenvalue weighted by atomic mass is 35.5. The van der Waals surface area contributed by atoms with Gasteiger partial charge in [-0.3, -0.25) is 14.5 Å². The standard InChI is InChI=1S/C31H25ClFNO3/c1-31(2,3)22-12-10-19(11-13-22)27-26(28(35)21-9-8-18-6-4-5-7-20(18)16-21)29(36)30(37)34(27)23-14-15-25(33)24(32)17-23/h4-17,27,35H,1-3H3/b28-26-. The van der Waals surface area contributed by atoms with Gasteiger partial charge in [-0.2, -0.15) is 0 Å². The Hall–Kier alpha value is -3.96. The van der Waals surface area contributed by atoms with Gasteiger partial charge >= 0.3 is 0 Å². The Bertz CT molecular complexity index is 1580. The van der Waals surface area contributed by atoms with E-state index < -0.39 is 23.5 Å². The van der Waals surface area contributed by atoms with Gasteiger partial charge in [0.05, 0.1) is 16.6 Å².